The van der Waals surface area contributed by atoms with Gasteiger partial charge in [-0.2, -0.15) is 10.1 Å². The van der Waals surface area contributed by atoms with Crippen molar-refractivity contribution in [2.24, 2.45) is 0 Å². The number of fused-ring (bicyclic) bond motifs is 1. The van der Waals surface area contributed by atoms with Gasteiger partial charge >= 0.3 is 6.03 Å². The highest BCUT2D eigenvalue weighted by atomic mass is 19.1. The van der Waals surface area contributed by atoms with Gasteiger partial charge in [-0.15, -0.1) is 0 Å². The normalized spacial score (nSPS) is 13.8. The first-order chi connectivity index (χ1) is 21.1. The number of anilines is 3. The lowest BCUT2D eigenvalue weighted by Crippen LogP contribution is -2.26. The molecule has 5 aromatic rings. The van der Waals surface area contributed by atoms with Crippen LogP contribution in [0.1, 0.15) is 58.2 Å². The van der Waals surface area contributed by atoms with Crippen molar-refractivity contribution in [2.75, 3.05) is 23.0 Å². The Kier molecular flexibility index (Phi) is 7.62. The Morgan fingerprint density at radius 2 is 1.75 bits per heavy atom. The van der Waals surface area contributed by atoms with Gasteiger partial charge in [-0.05, 0) is 60.9 Å². The third-order valence-corrected chi connectivity index (χ3v) is 7.91. The summed E-state index contributed by atoms with van der Waals surface area (Å²) in [6.45, 7) is 6.08. The minimum Gasteiger partial charge on any atom is -0.357 e. The van der Waals surface area contributed by atoms with E-state index < -0.39 is 6.03 Å². The Morgan fingerprint density at radius 3 is 2.45 bits per heavy atom. The lowest BCUT2D eigenvalue weighted by Gasteiger charge is -2.18. The summed E-state index contributed by atoms with van der Waals surface area (Å²) in [4.78, 5) is 36.2. The molecular formula is C33H35FN8O2. The molecule has 10 nitrogen and oxygen atoms in total. The van der Waals surface area contributed by atoms with Crippen LogP contribution in [0.15, 0.2) is 71.7 Å². The van der Waals surface area contributed by atoms with Crippen molar-refractivity contribution < 1.29 is 9.18 Å². The fourth-order valence-corrected chi connectivity index (χ4v) is 5.61. The number of aromatic nitrogens is 5. The zero-order chi connectivity index (χ0) is 31.0. The number of carbonyl (C=O) groups is 1. The standard InChI is InChI=1S/C33H35FN8O2/c1-33(2,3)27-18-28(42(40-27)25-14-12-22(34)13-15-25)38-32(44)37-23-9-7-8-20(16-23)26-17-21-19-36-31(35-4)39-29(21)41(30(26)43)24-10-5-6-11-24/h7-9,12-19,24H,5-6,10-11H2,1-4H3,(H,35,36,39)(H2,37,38,44). The molecule has 0 unspecified atom stereocenters. The van der Waals surface area contributed by atoms with Gasteiger partial charge in [0.1, 0.15) is 17.3 Å². The molecule has 0 atom stereocenters. The molecule has 44 heavy (non-hydrogen) atoms. The van der Waals surface area contributed by atoms with E-state index in [2.05, 4.69) is 31.0 Å². The summed E-state index contributed by atoms with van der Waals surface area (Å²) in [5.41, 5.74) is 3.29. The van der Waals surface area contributed by atoms with E-state index in [0.717, 1.165) is 36.8 Å². The highest BCUT2D eigenvalue weighted by Crippen LogP contribution is 2.32. The van der Waals surface area contributed by atoms with Gasteiger partial charge in [0.15, 0.2) is 0 Å². The second-order valence-corrected chi connectivity index (χ2v) is 12.1. The topological polar surface area (TPSA) is 119 Å². The van der Waals surface area contributed by atoms with Crippen LogP contribution in [-0.2, 0) is 5.41 Å². The first-order valence-electron chi connectivity index (χ1n) is 14.8. The molecule has 3 heterocycles. The number of nitrogens with zero attached hydrogens (tertiary/aromatic N) is 5. The molecule has 1 fully saturated rings. The maximum absolute atomic E-state index is 14.0. The zero-order valence-corrected chi connectivity index (χ0v) is 25.2. The summed E-state index contributed by atoms with van der Waals surface area (Å²) in [5.74, 6) is 0.537. The van der Waals surface area contributed by atoms with Gasteiger partial charge < -0.3 is 10.6 Å². The zero-order valence-electron chi connectivity index (χ0n) is 25.2. The van der Waals surface area contributed by atoms with Crippen molar-refractivity contribution in [2.45, 2.75) is 57.9 Å². The van der Waals surface area contributed by atoms with Crippen LogP contribution in [-0.4, -0.2) is 37.4 Å². The lowest BCUT2D eigenvalue weighted by atomic mass is 9.92. The fourth-order valence-electron chi connectivity index (χ4n) is 5.61. The molecule has 6 rings (SSSR count). The van der Waals surface area contributed by atoms with Crippen LogP contribution in [0.3, 0.4) is 0 Å². The van der Waals surface area contributed by atoms with Gasteiger partial charge in [-0.1, -0.05) is 45.7 Å². The quantitative estimate of drug-likeness (QED) is 0.197. The molecule has 2 aromatic carbocycles. The summed E-state index contributed by atoms with van der Waals surface area (Å²) in [6, 6.07) is 16.3. The molecule has 0 radical (unpaired) electrons. The number of urea groups is 1. The average molecular weight is 595 g/mol. The summed E-state index contributed by atoms with van der Waals surface area (Å²) in [7, 11) is 1.75. The maximum Gasteiger partial charge on any atom is 0.324 e. The van der Waals surface area contributed by atoms with Crippen molar-refractivity contribution in [3.05, 3.63) is 88.7 Å². The van der Waals surface area contributed by atoms with E-state index in [-0.39, 0.29) is 22.8 Å². The average Bonchev–Trinajstić information content (AvgIpc) is 3.68. The molecule has 1 aliphatic carbocycles. The molecule has 2 amide bonds. The number of amides is 2. The van der Waals surface area contributed by atoms with Gasteiger partial charge in [-0.3, -0.25) is 14.7 Å². The number of hydrogen-bond acceptors (Lipinski definition) is 6. The smallest absolute Gasteiger partial charge is 0.324 e. The van der Waals surface area contributed by atoms with E-state index in [1.54, 1.807) is 48.3 Å². The predicted molar refractivity (Wildman–Crippen MR) is 171 cm³/mol. The van der Waals surface area contributed by atoms with Gasteiger partial charge in [0.25, 0.3) is 5.56 Å². The first-order valence-corrected chi connectivity index (χ1v) is 14.8. The Labute approximate surface area is 254 Å². The van der Waals surface area contributed by atoms with E-state index in [0.29, 0.717) is 39.9 Å². The van der Waals surface area contributed by atoms with E-state index in [1.807, 2.05) is 43.5 Å². The van der Waals surface area contributed by atoms with Crippen molar-refractivity contribution in [3.63, 3.8) is 0 Å². The molecule has 3 N–H and O–H groups in total. The molecule has 11 heteroatoms. The highest BCUT2D eigenvalue weighted by molar-refractivity contribution is 6.00. The molecule has 3 aromatic heterocycles. The van der Waals surface area contributed by atoms with E-state index >= 15 is 0 Å². The number of hydrogen-bond donors (Lipinski definition) is 3. The van der Waals surface area contributed by atoms with E-state index in [9.17, 15) is 14.0 Å². The van der Waals surface area contributed by atoms with Crippen LogP contribution in [0.5, 0.6) is 0 Å². The number of benzene rings is 2. The largest absolute Gasteiger partial charge is 0.357 e. The first kappa shape index (κ1) is 29.0. The number of halogens is 1. The second-order valence-electron chi connectivity index (χ2n) is 12.1. The SMILES string of the molecule is CNc1ncc2cc(-c3cccc(NC(=O)Nc4cc(C(C)(C)C)nn4-c4ccc(F)cc4)c3)c(=O)n(C3CCCC3)c2n1. The minimum absolute atomic E-state index is 0.0700. The number of pyridine rings is 1. The summed E-state index contributed by atoms with van der Waals surface area (Å²) in [6.07, 6.45) is 5.71. The minimum atomic E-state index is -0.485. The van der Waals surface area contributed by atoms with Gasteiger partial charge in [0, 0.05) is 47.4 Å². The Balaban J connectivity index is 1.31. The fraction of sp³-hybridized carbons (Fsp3) is 0.303. The molecule has 1 saturated carbocycles. The Hall–Kier alpha value is -5.06. The van der Waals surface area contributed by atoms with Crippen molar-refractivity contribution in [1.82, 2.24) is 24.3 Å². The molecule has 0 spiro atoms. The van der Waals surface area contributed by atoms with Crippen molar-refractivity contribution in [3.8, 4) is 16.8 Å². The third-order valence-electron chi connectivity index (χ3n) is 7.91. The van der Waals surface area contributed by atoms with Gasteiger partial charge in [-0.25, -0.2) is 18.9 Å². The monoisotopic (exact) mass is 594 g/mol. The molecule has 0 bridgehead atoms. The van der Waals surface area contributed by atoms with Crippen LogP contribution in [0, 0.1) is 5.82 Å². The molecule has 226 valence electrons. The highest BCUT2D eigenvalue weighted by Gasteiger charge is 2.24. The Bertz CT molecular complexity index is 1900. The van der Waals surface area contributed by atoms with Crippen LogP contribution < -0.4 is 21.5 Å². The predicted octanol–water partition coefficient (Wildman–Crippen LogP) is 6.88. The van der Waals surface area contributed by atoms with Gasteiger partial charge in [0.2, 0.25) is 5.95 Å². The molecule has 1 aliphatic rings. The summed E-state index contributed by atoms with van der Waals surface area (Å²) in [5, 5.41) is 14.2. The van der Waals surface area contributed by atoms with Crippen molar-refractivity contribution >= 4 is 34.5 Å². The van der Waals surface area contributed by atoms with E-state index in [4.69, 9.17) is 0 Å². The van der Waals surface area contributed by atoms with Crippen LogP contribution >= 0.6 is 0 Å². The number of carbonyl (C=O) groups excluding carboxylic acids is 1. The number of rotatable bonds is 6. The summed E-state index contributed by atoms with van der Waals surface area (Å²) < 4.78 is 17.0. The van der Waals surface area contributed by atoms with Crippen molar-refractivity contribution in [1.29, 1.82) is 0 Å². The van der Waals surface area contributed by atoms with Crippen LogP contribution in [0.2, 0.25) is 0 Å². The number of nitrogens with one attached hydrogen (secondary N) is 3. The van der Waals surface area contributed by atoms with Crippen LogP contribution in [0.25, 0.3) is 27.8 Å². The van der Waals surface area contributed by atoms with Crippen LogP contribution in [0.4, 0.5) is 26.6 Å². The maximum atomic E-state index is 14.0. The molecule has 0 saturated heterocycles. The molecular weight excluding hydrogens is 559 g/mol. The third kappa shape index (κ3) is 5.77. The second kappa shape index (κ2) is 11.6. The van der Waals surface area contributed by atoms with Gasteiger partial charge in [0.05, 0.1) is 11.4 Å². The van der Waals surface area contributed by atoms with E-state index in [1.165, 1.54) is 12.1 Å². The Morgan fingerprint density at radius 1 is 1.00 bits per heavy atom. The summed E-state index contributed by atoms with van der Waals surface area (Å²) >= 11 is 0. The molecule has 0 aliphatic heterocycles. The lowest BCUT2D eigenvalue weighted by molar-refractivity contribution is 0.262.